The molecule has 1 saturated heterocycles. The van der Waals surface area contributed by atoms with E-state index in [1.165, 1.54) is 6.07 Å². The van der Waals surface area contributed by atoms with Crippen molar-refractivity contribution in [3.8, 4) is 0 Å². The number of amides is 1. The fourth-order valence-electron chi connectivity index (χ4n) is 4.62. The van der Waals surface area contributed by atoms with Gasteiger partial charge < -0.3 is 5.32 Å². The van der Waals surface area contributed by atoms with Gasteiger partial charge in [0.2, 0.25) is 5.91 Å². The summed E-state index contributed by atoms with van der Waals surface area (Å²) in [6.45, 7) is 1.62. The third-order valence-corrected chi connectivity index (χ3v) is 6.51. The molecule has 0 bridgehead atoms. The van der Waals surface area contributed by atoms with Crippen LogP contribution in [-0.2, 0) is 17.5 Å². The second kappa shape index (κ2) is 9.39. The van der Waals surface area contributed by atoms with Gasteiger partial charge in [0, 0.05) is 25.2 Å². The van der Waals surface area contributed by atoms with Gasteiger partial charge >= 0.3 is 6.18 Å². The minimum Gasteiger partial charge on any atom is -0.347 e. The number of piperidine rings is 1. The molecule has 166 valence electrons. The number of halogens is 3. The molecule has 0 radical (unpaired) electrons. The molecule has 2 aliphatic rings. The van der Waals surface area contributed by atoms with Crippen molar-refractivity contribution in [2.75, 3.05) is 13.1 Å². The molecule has 4 rings (SSSR count). The van der Waals surface area contributed by atoms with Gasteiger partial charge in [0.1, 0.15) is 0 Å². The zero-order valence-electron chi connectivity index (χ0n) is 17.4. The van der Waals surface area contributed by atoms with Gasteiger partial charge in [-0.2, -0.15) is 13.2 Å². The van der Waals surface area contributed by atoms with Crippen LogP contribution in [0.1, 0.15) is 55.0 Å². The number of nitrogens with one attached hydrogen (secondary N) is 1. The maximum absolute atomic E-state index is 13.4. The van der Waals surface area contributed by atoms with Gasteiger partial charge in [-0.1, -0.05) is 30.7 Å². The lowest BCUT2D eigenvalue weighted by Gasteiger charge is -2.38. The van der Waals surface area contributed by atoms with E-state index in [2.05, 4.69) is 15.2 Å². The molecule has 1 N–H and O–H groups in total. The van der Waals surface area contributed by atoms with Crippen LogP contribution in [0.2, 0.25) is 0 Å². The largest absolute Gasteiger partial charge is 0.416 e. The summed E-state index contributed by atoms with van der Waals surface area (Å²) in [6.07, 6.45) is 2.07. The van der Waals surface area contributed by atoms with Crippen molar-refractivity contribution in [1.82, 2.24) is 15.2 Å². The van der Waals surface area contributed by atoms with Crippen molar-refractivity contribution >= 4 is 5.91 Å². The average Bonchev–Trinajstić information content (AvgIpc) is 2.71. The third-order valence-electron chi connectivity index (χ3n) is 6.51. The third kappa shape index (κ3) is 5.26. The molecule has 7 heteroatoms. The Hall–Kier alpha value is -2.41. The van der Waals surface area contributed by atoms with Crippen LogP contribution in [0.4, 0.5) is 13.2 Å². The van der Waals surface area contributed by atoms with Crippen molar-refractivity contribution in [3.63, 3.8) is 0 Å². The number of carbonyl (C=O) groups excluding carboxylic acids is 1. The summed E-state index contributed by atoms with van der Waals surface area (Å²) in [5.74, 6) is 0.247. The van der Waals surface area contributed by atoms with E-state index in [-0.39, 0.29) is 30.3 Å². The van der Waals surface area contributed by atoms with Crippen LogP contribution < -0.4 is 5.32 Å². The normalized spacial score (nSPS) is 21.3. The smallest absolute Gasteiger partial charge is 0.347 e. The number of carbonyl (C=O) groups is 1. The molecule has 1 amide bonds. The predicted octanol–water partition coefficient (Wildman–Crippen LogP) is 4.97. The lowest BCUT2D eigenvalue weighted by Crippen LogP contribution is -2.45. The molecular weight excluding hydrogens is 403 g/mol. The second-order valence-electron chi connectivity index (χ2n) is 8.66. The fraction of sp³-hybridized carbons (Fsp3) is 0.500. The highest BCUT2D eigenvalue weighted by molar-refractivity contribution is 5.79. The van der Waals surface area contributed by atoms with Crippen LogP contribution in [0.3, 0.4) is 0 Å². The number of nitrogens with zero attached hydrogens (tertiary/aromatic N) is 2. The highest BCUT2D eigenvalue weighted by atomic mass is 19.4. The molecule has 2 fully saturated rings. The van der Waals surface area contributed by atoms with Crippen molar-refractivity contribution < 1.29 is 18.0 Å². The van der Waals surface area contributed by atoms with Crippen molar-refractivity contribution in [2.24, 2.45) is 11.8 Å². The zero-order chi connectivity index (χ0) is 21.8. The van der Waals surface area contributed by atoms with Gasteiger partial charge in [0.15, 0.2) is 0 Å². The lowest BCUT2D eigenvalue weighted by atomic mass is 9.83. The Bertz CT molecular complexity index is 883. The first-order chi connectivity index (χ1) is 14.9. The van der Waals surface area contributed by atoms with E-state index < -0.39 is 11.7 Å². The van der Waals surface area contributed by atoms with E-state index >= 15 is 0 Å². The Balaban J connectivity index is 1.50. The standard InChI is InChI=1S/C24H28F3N3O/c25-24(26,27)20-11-2-1-7-18(20)15-30-14-6-10-19(16-30)22(21-12-3-4-13-28-21)29-23(31)17-8-5-9-17/h1-4,7,11-13,17,19,22H,5-6,8-10,14-16H2,(H,29,31)/t19-,22+/m0/s1. The highest BCUT2D eigenvalue weighted by Crippen LogP contribution is 2.35. The zero-order valence-corrected chi connectivity index (χ0v) is 17.4. The summed E-state index contributed by atoms with van der Waals surface area (Å²) in [7, 11) is 0. The first-order valence-electron chi connectivity index (χ1n) is 11.0. The molecule has 0 unspecified atom stereocenters. The monoisotopic (exact) mass is 431 g/mol. The molecule has 0 spiro atoms. The molecule has 1 aliphatic heterocycles. The van der Waals surface area contributed by atoms with Crippen LogP contribution in [0.25, 0.3) is 0 Å². The van der Waals surface area contributed by atoms with Crippen LogP contribution in [0.5, 0.6) is 0 Å². The van der Waals surface area contributed by atoms with Gasteiger partial charge in [0.05, 0.1) is 17.3 Å². The maximum atomic E-state index is 13.4. The second-order valence-corrected chi connectivity index (χ2v) is 8.66. The number of hydrogen-bond donors (Lipinski definition) is 1. The topological polar surface area (TPSA) is 45.2 Å². The van der Waals surface area contributed by atoms with Crippen molar-refractivity contribution in [2.45, 2.75) is 50.9 Å². The molecule has 31 heavy (non-hydrogen) atoms. The van der Waals surface area contributed by atoms with Gasteiger partial charge in [-0.15, -0.1) is 0 Å². The van der Waals surface area contributed by atoms with Crippen molar-refractivity contribution in [1.29, 1.82) is 0 Å². The number of aromatic nitrogens is 1. The minimum absolute atomic E-state index is 0.0708. The molecule has 2 aromatic rings. The number of likely N-dealkylation sites (tertiary alicyclic amines) is 1. The number of rotatable bonds is 6. The first kappa shape index (κ1) is 21.8. The van der Waals surface area contributed by atoms with E-state index in [0.29, 0.717) is 12.1 Å². The Kier molecular flexibility index (Phi) is 6.60. The summed E-state index contributed by atoms with van der Waals surface area (Å²) in [5.41, 5.74) is 0.540. The van der Waals surface area contributed by atoms with Crippen molar-refractivity contribution in [3.05, 3.63) is 65.5 Å². The summed E-state index contributed by atoms with van der Waals surface area (Å²) in [6, 6.07) is 11.2. The lowest BCUT2D eigenvalue weighted by molar-refractivity contribution is -0.138. The van der Waals surface area contributed by atoms with E-state index in [1.54, 1.807) is 18.3 Å². The van der Waals surface area contributed by atoms with Crippen LogP contribution in [-0.4, -0.2) is 28.9 Å². The fourth-order valence-corrected chi connectivity index (χ4v) is 4.62. The summed E-state index contributed by atoms with van der Waals surface area (Å²) >= 11 is 0. The van der Waals surface area contributed by atoms with Gasteiger partial charge in [-0.3, -0.25) is 14.7 Å². The Morgan fingerprint density at radius 1 is 1.10 bits per heavy atom. The Labute approximate surface area is 180 Å². The molecule has 2 atom stereocenters. The summed E-state index contributed by atoms with van der Waals surface area (Å²) in [5, 5.41) is 3.22. The Morgan fingerprint density at radius 3 is 2.55 bits per heavy atom. The van der Waals surface area contributed by atoms with E-state index in [4.69, 9.17) is 0 Å². The Morgan fingerprint density at radius 2 is 1.87 bits per heavy atom. The summed E-state index contributed by atoms with van der Waals surface area (Å²) < 4.78 is 40.2. The first-order valence-corrected chi connectivity index (χ1v) is 11.0. The van der Waals surface area contributed by atoms with Gasteiger partial charge in [0.25, 0.3) is 0 Å². The number of hydrogen-bond acceptors (Lipinski definition) is 3. The van der Waals surface area contributed by atoms with Gasteiger partial charge in [-0.05, 0) is 61.9 Å². The van der Waals surface area contributed by atoms with Crippen LogP contribution in [0.15, 0.2) is 48.7 Å². The highest BCUT2D eigenvalue weighted by Gasteiger charge is 2.36. The number of benzene rings is 1. The molecule has 1 aliphatic carbocycles. The number of pyridine rings is 1. The SMILES string of the molecule is O=C(N[C@@H](c1ccccn1)[C@H]1CCCN(Cc2ccccc2C(F)(F)F)C1)C1CCC1. The average molecular weight is 432 g/mol. The minimum atomic E-state index is -4.36. The molecule has 2 heterocycles. The van der Waals surface area contributed by atoms with Crippen LogP contribution >= 0.6 is 0 Å². The molecular formula is C24H28F3N3O. The van der Waals surface area contributed by atoms with E-state index in [1.807, 2.05) is 18.2 Å². The van der Waals surface area contributed by atoms with Gasteiger partial charge in [-0.25, -0.2) is 0 Å². The molecule has 1 saturated carbocycles. The number of alkyl halides is 3. The molecule has 1 aromatic carbocycles. The van der Waals surface area contributed by atoms with E-state index in [0.717, 1.165) is 50.4 Å². The maximum Gasteiger partial charge on any atom is 0.416 e. The predicted molar refractivity (Wildman–Crippen MR) is 112 cm³/mol. The summed E-state index contributed by atoms with van der Waals surface area (Å²) in [4.78, 5) is 19.3. The quantitative estimate of drug-likeness (QED) is 0.702. The van der Waals surface area contributed by atoms with Crippen LogP contribution in [0, 0.1) is 11.8 Å². The molecule has 1 aromatic heterocycles. The van der Waals surface area contributed by atoms with E-state index in [9.17, 15) is 18.0 Å². The molecule has 4 nitrogen and oxygen atoms in total.